The van der Waals surface area contributed by atoms with Gasteiger partial charge in [-0.15, -0.1) is 0 Å². The van der Waals surface area contributed by atoms with Crippen LogP contribution in [0.2, 0.25) is 0 Å². The van der Waals surface area contributed by atoms with Gasteiger partial charge in [-0.2, -0.15) is 0 Å². The summed E-state index contributed by atoms with van der Waals surface area (Å²) in [6.07, 6.45) is 0. The Hall–Kier alpha value is -3.10. The van der Waals surface area contributed by atoms with Gasteiger partial charge < -0.3 is 19.7 Å². The quantitative estimate of drug-likeness (QED) is 0.449. The summed E-state index contributed by atoms with van der Waals surface area (Å²) in [5.74, 6) is -0.179. The maximum Gasteiger partial charge on any atom is 0.344 e. The molecule has 0 saturated heterocycles. The average molecular weight is 374 g/mol. The van der Waals surface area contributed by atoms with Gasteiger partial charge in [-0.25, -0.2) is 15.2 Å². The van der Waals surface area contributed by atoms with Gasteiger partial charge in [0, 0.05) is 13.5 Å². The van der Waals surface area contributed by atoms with E-state index < -0.39 is 5.97 Å². The molecule has 0 bridgehead atoms. The number of anilines is 1. The lowest BCUT2D eigenvalue weighted by Gasteiger charge is -2.22. The molecule has 27 heavy (non-hydrogen) atoms. The molecule has 0 fully saturated rings. The number of esters is 1. The predicted octanol–water partition coefficient (Wildman–Crippen LogP) is 1.36. The molecule has 0 saturated carbocycles. The predicted molar refractivity (Wildman–Crippen MR) is 98.1 cm³/mol. The SMILES string of the molecule is CC(=O)N(NCc1cccc(OCC(=O)OCCO)c1)c1ccc(O)cc1. The standard InChI is InChI=1S/C19H22N2O6/c1-14(23)21(16-5-7-17(24)8-6-16)20-12-15-3-2-4-18(11-15)27-13-19(25)26-10-9-22/h2-8,11,20,22,24H,9-10,12-13H2,1H3. The molecule has 3 N–H and O–H groups in total. The first kappa shape index (κ1) is 20.2. The van der Waals surface area contributed by atoms with Crippen molar-refractivity contribution in [2.45, 2.75) is 13.5 Å². The number of benzene rings is 2. The van der Waals surface area contributed by atoms with Crippen molar-refractivity contribution in [3.05, 3.63) is 54.1 Å². The second-order valence-electron chi connectivity index (χ2n) is 5.59. The fourth-order valence-electron chi connectivity index (χ4n) is 2.25. The van der Waals surface area contributed by atoms with Gasteiger partial charge in [0.05, 0.1) is 12.3 Å². The molecule has 0 spiro atoms. The Bertz CT molecular complexity index is 763. The number of hydrazine groups is 1. The molecular weight excluding hydrogens is 352 g/mol. The second-order valence-corrected chi connectivity index (χ2v) is 5.59. The number of hydrogen-bond donors (Lipinski definition) is 3. The highest BCUT2D eigenvalue weighted by Crippen LogP contribution is 2.18. The number of hydrogen-bond acceptors (Lipinski definition) is 7. The van der Waals surface area contributed by atoms with E-state index in [0.29, 0.717) is 18.0 Å². The Morgan fingerprint density at radius 2 is 1.89 bits per heavy atom. The van der Waals surface area contributed by atoms with E-state index in [1.807, 2.05) is 6.07 Å². The normalized spacial score (nSPS) is 10.3. The number of phenols is 1. The summed E-state index contributed by atoms with van der Waals surface area (Å²) in [5.41, 5.74) is 4.45. The Kier molecular flexibility index (Phi) is 7.60. The van der Waals surface area contributed by atoms with Gasteiger partial charge in [0.25, 0.3) is 0 Å². The zero-order valence-electron chi connectivity index (χ0n) is 14.9. The van der Waals surface area contributed by atoms with Crippen molar-refractivity contribution in [3.8, 4) is 11.5 Å². The van der Waals surface area contributed by atoms with Gasteiger partial charge in [0.1, 0.15) is 18.1 Å². The van der Waals surface area contributed by atoms with E-state index >= 15 is 0 Å². The van der Waals surface area contributed by atoms with E-state index in [2.05, 4.69) is 5.43 Å². The topological polar surface area (TPSA) is 108 Å². The fraction of sp³-hybridized carbons (Fsp3) is 0.263. The van der Waals surface area contributed by atoms with Crippen molar-refractivity contribution in [3.63, 3.8) is 0 Å². The zero-order valence-corrected chi connectivity index (χ0v) is 14.9. The third-order valence-corrected chi connectivity index (χ3v) is 3.47. The molecule has 0 aliphatic rings. The number of rotatable bonds is 9. The monoisotopic (exact) mass is 374 g/mol. The Morgan fingerprint density at radius 3 is 2.56 bits per heavy atom. The molecule has 0 radical (unpaired) electrons. The number of phenolic OH excluding ortho intramolecular Hbond substituents is 1. The highest BCUT2D eigenvalue weighted by Gasteiger charge is 2.11. The number of carbonyl (C=O) groups excluding carboxylic acids is 2. The lowest BCUT2D eigenvalue weighted by Crippen LogP contribution is -2.41. The first-order chi connectivity index (χ1) is 13.0. The van der Waals surface area contributed by atoms with Gasteiger partial charge >= 0.3 is 5.97 Å². The molecular formula is C19H22N2O6. The van der Waals surface area contributed by atoms with E-state index in [4.69, 9.17) is 14.6 Å². The van der Waals surface area contributed by atoms with Gasteiger partial charge in [0.2, 0.25) is 5.91 Å². The van der Waals surface area contributed by atoms with Crippen molar-refractivity contribution in [1.82, 2.24) is 5.43 Å². The number of nitrogens with one attached hydrogen (secondary N) is 1. The van der Waals surface area contributed by atoms with Crippen LogP contribution in [-0.4, -0.2) is 41.9 Å². The minimum Gasteiger partial charge on any atom is -0.508 e. The first-order valence-corrected chi connectivity index (χ1v) is 8.31. The number of aromatic hydroxyl groups is 1. The van der Waals surface area contributed by atoms with Crippen LogP contribution in [0.4, 0.5) is 5.69 Å². The zero-order chi connectivity index (χ0) is 19.6. The van der Waals surface area contributed by atoms with Crippen LogP contribution < -0.4 is 15.2 Å². The van der Waals surface area contributed by atoms with Crippen LogP contribution in [0.1, 0.15) is 12.5 Å². The van der Waals surface area contributed by atoms with Crippen LogP contribution >= 0.6 is 0 Å². The van der Waals surface area contributed by atoms with Gasteiger partial charge in [-0.1, -0.05) is 12.1 Å². The number of carbonyl (C=O) groups is 2. The van der Waals surface area contributed by atoms with Crippen molar-refractivity contribution in [2.75, 3.05) is 24.8 Å². The van der Waals surface area contributed by atoms with Crippen molar-refractivity contribution in [2.24, 2.45) is 0 Å². The summed E-state index contributed by atoms with van der Waals surface area (Å²) >= 11 is 0. The summed E-state index contributed by atoms with van der Waals surface area (Å²) in [4.78, 5) is 23.3. The van der Waals surface area contributed by atoms with E-state index in [9.17, 15) is 14.7 Å². The van der Waals surface area contributed by atoms with E-state index in [0.717, 1.165) is 5.56 Å². The Morgan fingerprint density at radius 1 is 1.15 bits per heavy atom. The second kappa shape index (κ2) is 10.1. The molecule has 0 aliphatic heterocycles. The van der Waals surface area contributed by atoms with Crippen LogP contribution in [0.5, 0.6) is 11.5 Å². The molecule has 0 unspecified atom stereocenters. The lowest BCUT2D eigenvalue weighted by atomic mass is 10.2. The van der Waals surface area contributed by atoms with Crippen LogP contribution in [0.3, 0.4) is 0 Å². The number of nitrogens with zero attached hydrogens (tertiary/aromatic N) is 1. The molecule has 144 valence electrons. The number of amides is 1. The summed E-state index contributed by atoms with van der Waals surface area (Å²) in [7, 11) is 0. The number of ether oxygens (including phenoxy) is 2. The maximum atomic E-state index is 11.9. The van der Waals surface area contributed by atoms with E-state index in [1.165, 1.54) is 24.1 Å². The number of aliphatic hydroxyl groups is 1. The van der Waals surface area contributed by atoms with Crippen LogP contribution in [0.15, 0.2) is 48.5 Å². The minimum atomic E-state index is -0.567. The number of aliphatic hydroxyl groups excluding tert-OH is 1. The summed E-state index contributed by atoms with van der Waals surface area (Å²) in [6, 6.07) is 13.3. The highest BCUT2D eigenvalue weighted by molar-refractivity contribution is 5.90. The van der Waals surface area contributed by atoms with Crippen LogP contribution in [-0.2, 0) is 20.9 Å². The molecule has 8 heteroatoms. The smallest absolute Gasteiger partial charge is 0.344 e. The summed E-state index contributed by atoms with van der Waals surface area (Å²) in [5, 5.41) is 19.4. The molecule has 2 rings (SSSR count). The molecule has 0 heterocycles. The van der Waals surface area contributed by atoms with E-state index in [-0.39, 0.29) is 31.5 Å². The van der Waals surface area contributed by atoms with Gasteiger partial charge in [0.15, 0.2) is 6.61 Å². The Balaban J connectivity index is 1.95. The van der Waals surface area contributed by atoms with Crippen molar-refractivity contribution in [1.29, 1.82) is 0 Å². The van der Waals surface area contributed by atoms with Crippen LogP contribution in [0, 0.1) is 0 Å². The highest BCUT2D eigenvalue weighted by atomic mass is 16.6. The van der Waals surface area contributed by atoms with E-state index in [1.54, 1.807) is 30.3 Å². The first-order valence-electron chi connectivity index (χ1n) is 8.31. The molecule has 1 amide bonds. The third kappa shape index (κ3) is 6.61. The molecule has 2 aromatic rings. The largest absolute Gasteiger partial charge is 0.508 e. The molecule has 2 aromatic carbocycles. The molecule has 0 aliphatic carbocycles. The van der Waals surface area contributed by atoms with Crippen LogP contribution in [0.25, 0.3) is 0 Å². The minimum absolute atomic E-state index is 0.0652. The van der Waals surface area contributed by atoms with Gasteiger partial charge in [-0.05, 0) is 42.0 Å². The molecule has 0 aromatic heterocycles. The van der Waals surface area contributed by atoms with Crippen molar-refractivity contribution >= 4 is 17.6 Å². The lowest BCUT2D eigenvalue weighted by molar-refractivity contribution is -0.147. The Labute approximate surface area is 156 Å². The summed E-state index contributed by atoms with van der Waals surface area (Å²) in [6.45, 7) is 1.21. The molecule has 8 nitrogen and oxygen atoms in total. The van der Waals surface area contributed by atoms with Crippen molar-refractivity contribution < 1.29 is 29.3 Å². The third-order valence-electron chi connectivity index (χ3n) is 3.47. The fourth-order valence-corrected chi connectivity index (χ4v) is 2.25. The molecule has 0 atom stereocenters. The maximum absolute atomic E-state index is 11.9. The average Bonchev–Trinajstić information content (AvgIpc) is 2.66. The van der Waals surface area contributed by atoms with Gasteiger partial charge in [-0.3, -0.25) is 4.79 Å². The summed E-state index contributed by atoms with van der Waals surface area (Å²) < 4.78 is 10.1.